The summed E-state index contributed by atoms with van der Waals surface area (Å²) in [6.07, 6.45) is 1.52. The van der Waals surface area contributed by atoms with Crippen molar-refractivity contribution in [3.63, 3.8) is 0 Å². The van der Waals surface area contributed by atoms with Gasteiger partial charge in [-0.1, -0.05) is 23.4 Å². The van der Waals surface area contributed by atoms with E-state index in [0.717, 1.165) is 22.2 Å². The number of aromatic nitrogens is 2. The Balaban J connectivity index is 2.39. The Bertz CT molecular complexity index is 651. The molecule has 0 aliphatic rings. The minimum absolute atomic E-state index is 0.563. The van der Waals surface area contributed by atoms with Crippen molar-refractivity contribution in [2.75, 3.05) is 5.73 Å². The van der Waals surface area contributed by atoms with Gasteiger partial charge >= 0.3 is 0 Å². The lowest BCUT2D eigenvalue weighted by atomic mass is 10.1. The molecule has 3 aromatic rings. The van der Waals surface area contributed by atoms with Gasteiger partial charge in [0.15, 0.2) is 5.76 Å². The zero-order valence-corrected chi connectivity index (χ0v) is 8.82. The van der Waals surface area contributed by atoms with Crippen LogP contribution in [0.4, 0.5) is 5.69 Å². The lowest BCUT2D eigenvalue weighted by Gasteiger charge is -1.96. The van der Waals surface area contributed by atoms with Crippen molar-refractivity contribution in [1.82, 2.24) is 10.1 Å². The molecule has 0 bridgehead atoms. The maximum Gasteiger partial charge on any atom is 0.192 e. The summed E-state index contributed by atoms with van der Waals surface area (Å²) in [5.74, 6) is 0.634. The molecule has 80 valence electrons. The molecular formula is C12H11N3O. The van der Waals surface area contributed by atoms with Crippen LogP contribution in [0.15, 0.2) is 35.0 Å². The molecule has 2 aromatic heterocycles. The third kappa shape index (κ3) is 1.13. The first-order chi connectivity index (χ1) is 7.77. The molecule has 0 aliphatic heterocycles. The minimum Gasteiger partial charge on any atom is -0.394 e. The average molecular weight is 213 g/mol. The van der Waals surface area contributed by atoms with Crippen LogP contribution in [0.2, 0.25) is 0 Å². The Morgan fingerprint density at radius 1 is 1.31 bits per heavy atom. The van der Waals surface area contributed by atoms with Gasteiger partial charge in [0.1, 0.15) is 5.69 Å². The monoisotopic (exact) mass is 213 g/mol. The van der Waals surface area contributed by atoms with Crippen LogP contribution < -0.4 is 5.73 Å². The van der Waals surface area contributed by atoms with Crippen molar-refractivity contribution in [2.24, 2.45) is 0 Å². The second-order valence-corrected chi connectivity index (χ2v) is 3.78. The summed E-state index contributed by atoms with van der Waals surface area (Å²) in [6, 6.07) is 8.05. The molecule has 3 rings (SSSR count). The molecule has 0 unspecified atom stereocenters. The van der Waals surface area contributed by atoms with E-state index in [2.05, 4.69) is 10.1 Å². The van der Waals surface area contributed by atoms with Crippen LogP contribution in [0, 0.1) is 6.92 Å². The highest BCUT2D eigenvalue weighted by molar-refractivity contribution is 5.98. The molecule has 0 fully saturated rings. The summed E-state index contributed by atoms with van der Waals surface area (Å²) < 4.78 is 5.20. The number of hydrogen-bond acceptors (Lipinski definition) is 3. The highest BCUT2D eigenvalue weighted by Crippen LogP contribution is 2.34. The van der Waals surface area contributed by atoms with Gasteiger partial charge in [0.05, 0.1) is 11.8 Å². The fraction of sp³-hybridized carbons (Fsp3) is 0.0833. The van der Waals surface area contributed by atoms with Gasteiger partial charge in [0.25, 0.3) is 0 Å². The number of aryl methyl sites for hydroxylation is 1. The second-order valence-electron chi connectivity index (χ2n) is 3.78. The molecule has 0 aliphatic carbocycles. The van der Waals surface area contributed by atoms with Crippen LogP contribution in [0.25, 0.3) is 22.2 Å². The number of para-hydroxylation sites is 1. The number of nitrogens with two attached hydrogens (primary N) is 1. The molecule has 0 amide bonds. The quantitative estimate of drug-likeness (QED) is 0.653. The molecular weight excluding hydrogens is 202 g/mol. The Morgan fingerprint density at radius 3 is 2.88 bits per heavy atom. The summed E-state index contributed by atoms with van der Waals surface area (Å²) in [7, 11) is 0. The van der Waals surface area contributed by atoms with Gasteiger partial charge in [-0.3, -0.25) is 0 Å². The smallest absolute Gasteiger partial charge is 0.192 e. The summed E-state index contributed by atoms with van der Waals surface area (Å²) in [5, 5.41) is 4.81. The van der Waals surface area contributed by atoms with Gasteiger partial charge in [-0.05, 0) is 13.0 Å². The Kier molecular flexibility index (Phi) is 1.77. The van der Waals surface area contributed by atoms with E-state index >= 15 is 0 Å². The van der Waals surface area contributed by atoms with E-state index in [9.17, 15) is 0 Å². The molecule has 1 aromatic carbocycles. The number of nitrogen functional groups attached to an aromatic ring is 1. The molecule has 16 heavy (non-hydrogen) atoms. The zero-order chi connectivity index (χ0) is 11.1. The second kappa shape index (κ2) is 3.13. The van der Waals surface area contributed by atoms with E-state index in [-0.39, 0.29) is 0 Å². The first kappa shape index (κ1) is 9.03. The number of benzene rings is 1. The minimum atomic E-state index is 0.563. The van der Waals surface area contributed by atoms with Crippen LogP contribution in [0.5, 0.6) is 0 Å². The van der Waals surface area contributed by atoms with Crippen molar-refractivity contribution >= 4 is 16.6 Å². The fourth-order valence-electron chi connectivity index (χ4n) is 2.01. The molecule has 3 N–H and O–H groups in total. The molecule has 0 saturated carbocycles. The lowest BCUT2D eigenvalue weighted by Crippen LogP contribution is -1.85. The van der Waals surface area contributed by atoms with Crippen molar-refractivity contribution < 1.29 is 4.52 Å². The number of nitrogens with one attached hydrogen (secondary N) is 1. The van der Waals surface area contributed by atoms with E-state index in [4.69, 9.17) is 10.3 Å². The van der Waals surface area contributed by atoms with Gasteiger partial charge in [-0.2, -0.15) is 0 Å². The number of hydrogen-bond donors (Lipinski definition) is 2. The molecule has 0 saturated heterocycles. The number of nitrogens with zero attached hydrogens (tertiary/aromatic N) is 1. The maximum absolute atomic E-state index is 5.82. The zero-order valence-electron chi connectivity index (χ0n) is 8.82. The van der Waals surface area contributed by atoms with Crippen molar-refractivity contribution in [3.05, 3.63) is 36.2 Å². The predicted octanol–water partition coefficient (Wildman–Crippen LogP) is 2.71. The van der Waals surface area contributed by atoms with Crippen LogP contribution in [0.3, 0.4) is 0 Å². The molecule has 0 radical (unpaired) electrons. The molecule has 4 nitrogen and oxygen atoms in total. The first-order valence-corrected chi connectivity index (χ1v) is 5.05. The summed E-state index contributed by atoms with van der Waals surface area (Å²) in [4.78, 5) is 3.30. The van der Waals surface area contributed by atoms with Gasteiger partial charge in [0.2, 0.25) is 0 Å². The number of rotatable bonds is 1. The van der Waals surface area contributed by atoms with Gasteiger partial charge < -0.3 is 15.2 Å². The van der Waals surface area contributed by atoms with Crippen molar-refractivity contribution in [1.29, 1.82) is 0 Å². The van der Waals surface area contributed by atoms with Gasteiger partial charge in [-0.25, -0.2) is 0 Å². The van der Waals surface area contributed by atoms with Crippen molar-refractivity contribution in [2.45, 2.75) is 6.92 Å². The average Bonchev–Trinajstić information content (AvgIpc) is 2.81. The topological polar surface area (TPSA) is 67.8 Å². The normalized spacial score (nSPS) is 11.1. The summed E-state index contributed by atoms with van der Waals surface area (Å²) in [6.45, 7) is 2.00. The largest absolute Gasteiger partial charge is 0.394 e. The summed E-state index contributed by atoms with van der Waals surface area (Å²) >= 11 is 0. The standard InChI is InChI=1S/C12H11N3O/c1-7-11(12-9(13)6-14-16-12)8-4-2-3-5-10(8)15-7/h2-6,15H,13H2,1H3. The first-order valence-electron chi connectivity index (χ1n) is 5.05. The number of H-pyrrole nitrogens is 1. The highest BCUT2D eigenvalue weighted by Gasteiger charge is 2.16. The third-order valence-electron chi connectivity index (χ3n) is 2.72. The van der Waals surface area contributed by atoms with Crippen LogP contribution >= 0.6 is 0 Å². The Morgan fingerprint density at radius 2 is 2.12 bits per heavy atom. The summed E-state index contributed by atoms with van der Waals surface area (Å²) in [5.41, 5.74) is 9.48. The lowest BCUT2D eigenvalue weighted by molar-refractivity contribution is 0.432. The number of fused-ring (bicyclic) bond motifs is 1. The highest BCUT2D eigenvalue weighted by atomic mass is 16.5. The maximum atomic E-state index is 5.82. The van der Waals surface area contributed by atoms with Gasteiger partial charge in [0, 0.05) is 16.6 Å². The third-order valence-corrected chi connectivity index (χ3v) is 2.72. The molecule has 0 atom stereocenters. The van der Waals surface area contributed by atoms with Crippen molar-refractivity contribution in [3.8, 4) is 11.3 Å². The van der Waals surface area contributed by atoms with Crippen LogP contribution in [-0.2, 0) is 0 Å². The predicted molar refractivity (Wildman–Crippen MR) is 62.9 cm³/mol. The van der Waals surface area contributed by atoms with E-state index in [1.165, 1.54) is 6.20 Å². The fourth-order valence-corrected chi connectivity index (χ4v) is 2.01. The van der Waals surface area contributed by atoms with E-state index in [0.29, 0.717) is 11.4 Å². The molecule has 4 heteroatoms. The molecule has 0 spiro atoms. The van der Waals surface area contributed by atoms with Crippen LogP contribution in [-0.4, -0.2) is 10.1 Å². The van der Waals surface area contributed by atoms with E-state index < -0.39 is 0 Å². The van der Waals surface area contributed by atoms with E-state index in [1.807, 2.05) is 31.2 Å². The Labute approximate surface area is 92.0 Å². The number of aromatic amines is 1. The SMILES string of the molecule is Cc1[nH]c2ccccc2c1-c1oncc1N. The van der Waals surface area contributed by atoms with E-state index in [1.54, 1.807) is 0 Å². The Hall–Kier alpha value is -2.23. The van der Waals surface area contributed by atoms with Crippen LogP contribution in [0.1, 0.15) is 5.69 Å². The van der Waals surface area contributed by atoms with Gasteiger partial charge in [-0.15, -0.1) is 0 Å². The number of anilines is 1. The molecule has 2 heterocycles.